The molecular weight excluding hydrogens is 554 g/mol. The number of nitrogens with zero attached hydrogens (tertiary/aromatic N) is 5. The third-order valence-electron chi connectivity index (χ3n) is 7.15. The highest BCUT2D eigenvalue weighted by molar-refractivity contribution is 5.82. The van der Waals surface area contributed by atoms with Crippen molar-refractivity contribution in [1.29, 1.82) is 0 Å². The second-order valence-electron chi connectivity index (χ2n) is 10.3. The van der Waals surface area contributed by atoms with E-state index >= 15 is 0 Å². The monoisotopic (exact) mass is 583 g/mol. The summed E-state index contributed by atoms with van der Waals surface area (Å²) in [4.78, 5) is 21.3. The van der Waals surface area contributed by atoms with Crippen LogP contribution in [0.15, 0.2) is 164 Å². The van der Waals surface area contributed by atoms with Gasteiger partial charge in [-0.3, -0.25) is 4.90 Å². The zero-order chi connectivity index (χ0) is 30.3. The van der Waals surface area contributed by atoms with Gasteiger partial charge >= 0.3 is 0 Å². The van der Waals surface area contributed by atoms with Crippen LogP contribution in [0.1, 0.15) is 0 Å². The van der Waals surface area contributed by atoms with Crippen molar-refractivity contribution in [3.8, 4) is 22.3 Å². The molecule has 0 atom stereocenters. The van der Waals surface area contributed by atoms with E-state index < -0.39 is 0 Å². The lowest BCUT2D eigenvalue weighted by atomic mass is 10.1. The molecule has 7 heteroatoms. The largest absolute Gasteiger partial charge is 0.325 e. The molecule has 4 heterocycles. The van der Waals surface area contributed by atoms with Crippen LogP contribution < -0.4 is 15.5 Å². The van der Waals surface area contributed by atoms with Crippen LogP contribution in [0.2, 0.25) is 0 Å². The summed E-state index contributed by atoms with van der Waals surface area (Å²) < 4.78 is 0. The molecule has 0 bridgehead atoms. The van der Waals surface area contributed by atoms with E-state index in [1.807, 2.05) is 103 Å². The predicted octanol–water partition coefficient (Wildman–Crippen LogP) is 9.56. The number of aromatic nitrogens is 4. The number of nitrogens with one attached hydrogen (secondary N) is 2. The first-order chi connectivity index (χ1) is 22.3. The van der Waals surface area contributed by atoms with E-state index in [1.54, 1.807) is 12.4 Å². The topological polar surface area (TPSA) is 78.9 Å². The van der Waals surface area contributed by atoms with Gasteiger partial charge in [0, 0.05) is 18.1 Å². The van der Waals surface area contributed by atoms with Gasteiger partial charge in [-0.1, -0.05) is 91.0 Å². The smallest absolute Gasteiger partial charge is 0.141 e. The summed E-state index contributed by atoms with van der Waals surface area (Å²) in [7, 11) is 0. The predicted molar refractivity (Wildman–Crippen MR) is 183 cm³/mol. The van der Waals surface area contributed by atoms with Crippen molar-refractivity contribution in [2.24, 2.45) is 0 Å². The van der Waals surface area contributed by atoms with Crippen LogP contribution in [0.25, 0.3) is 22.3 Å². The third-order valence-corrected chi connectivity index (χ3v) is 7.15. The first-order valence-electron chi connectivity index (χ1n) is 14.6. The molecule has 7 rings (SSSR count). The zero-order valence-electron chi connectivity index (χ0n) is 24.3. The van der Waals surface area contributed by atoms with Crippen LogP contribution in [-0.2, 0) is 0 Å². The van der Waals surface area contributed by atoms with Crippen LogP contribution in [0, 0.1) is 0 Å². The summed E-state index contributed by atoms with van der Waals surface area (Å²) in [5.41, 5.74) is 5.07. The van der Waals surface area contributed by atoms with Gasteiger partial charge in [0.1, 0.15) is 34.9 Å². The maximum absolute atomic E-state index is 5.13. The fourth-order valence-electron chi connectivity index (χ4n) is 5.08. The maximum Gasteiger partial charge on any atom is 0.141 e. The molecule has 2 N–H and O–H groups in total. The Hall–Kier alpha value is -6.34. The Morgan fingerprint density at radius 3 is 1.22 bits per heavy atom. The van der Waals surface area contributed by atoms with Gasteiger partial charge in [0.15, 0.2) is 0 Å². The second-order valence-corrected chi connectivity index (χ2v) is 10.3. The van der Waals surface area contributed by atoms with E-state index in [9.17, 15) is 0 Å². The second kappa shape index (κ2) is 12.9. The van der Waals surface area contributed by atoms with E-state index in [0.29, 0.717) is 34.9 Å². The first kappa shape index (κ1) is 27.5. The Labute approximate surface area is 262 Å². The van der Waals surface area contributed by atoms with E-state index in [2.05, 4.69) is 74.0 Å². The summed E-state index contributed by atoms with van der Waals surface area (Å²) >= 11 is 0. The molecule has 216 valence electrons. The van der Waals surface area contributed by atoms with Crippen molar-refractivity contribution in [2.75, 3.05) is 15.5 Å². The summed E-state index contributed by atoms with van der Waals surface area (Å²) in [5.74, 6) is 4.14. The fraction of sp³-hybridized carbons (Fsp3) is 0. The Bertz CT molecular complexity index is 1860. The highest BCUT2D eigenvalue weighted by atomic mass is 15.3. The molecule has 0 fully saturated rings. The van der Waals surface area contributed by atoms with Crippen molar-refractivity contribution in [3.63, 3.8) is 0 Å². The summed E-state index contributed by atoms with van der Waals surface area (Å²) in [6.07, 6.45) is 3.52. The number of anilines is 7. The molecule has 0 unspecified atom stereocenters. The lowest BCUT2D eigenvalue weighted by Crippen LogP contribution is -2.15. The number of pyridine rings is 4. The molecule has 0 aliphatic carbocycles. The SMILES string of the molecule is c1ccc(-c2cc(Nc3ccccn3)nc(N(c3ccccc3)c3cc(-c4ccccc4)cc(Nc4ccccn4)n3)c2)cc1. The minimum atomic E-state index is 0.664. The fourth-order valence-corrected chi connectivity index (χ4v) is 5.08. The molecule has 0 amide bonds. The lowest BCUT2D eigenvalue weighted by Gasteiger charge is -2.25. The average Bonchev–Trinajstić information content (AvgIpc) is 3.10. The van der Waals surface area contributed by atoms with E-state index in [0.717, 1.165) is 27.9 Å². The van der Waals surface area contributed by atoms with Crippen LogP contribution in [0.5, 0.6) is 0 Å². The molecule has 3 aromatic carbocycles. The van der Waals surface area contributed by atoms with Crippen molar-refractivity contribution in [3.05, 3.63) is 164 Å². The number of hydrogen-bond donors (Lipinski definition) is 2. The highest BCUT2D eigenvalue weighted by Crippen LogP contribution is 2.38. The highest BCUT2D eigenvalue weighted by Gasteiger charge is 2.20. The average molecular weight is 584 g/mol. The van der Waals surface area contributed by atoms with Crippen LogP contribution in [-0.4, -0.2) is 19.9 Å². The molecule has 0 saturated carbocycles. The van der Waals surface area contributed by atoms with Gasteiger partial charge in [-0.15, -0.1) is 0 Å². The Balaban J connectivity index is 1.42. The van der Waals surface area contributed by atoms with E-state index in [1.165, 1.54) is 0 Å². The lowest BCUT2D eigenvalue weighted by molar-refractivity contribution is 1.12. The van der Waals surface area contributed by atoms with E-state index in [4.69, 9.17) is 9.97 Å². The summed E-state index contributed by atoms with van der Waals surface area (Å²) in [6, 6.07) is 50.5. The van der Waals surface area contributed by atoms with Gasteiger partial charge in [-0.05, 0) is 82.9 Å². The number of benzene rings is 3. The van der Waals surface area contributed by atoms with Crippen molar-refractivity contribution >= 4 is 40.6 Å². The van der Waals surface area contributed by atoms with E-state index in [-0.39, 0.29) is 0 Å². The maximum atomic E-state index is 5.13. The first-order valence-corrected chi connectivity index (χ1v) is 14.6. The Kier molecular flexibility index (Phi) is 7.88. The minimum Gasteiger partial charge on any atom is -0.325 e. The summed E-state index contributed by atoms with van der Waals surface area (Å²) in [5, 5.41) is 6.81. The van der Waals surface area contributed by atoms with Crippen LogP contribution >= 0.6 is 0 Å². The molecule has 45 heavy (non-hydrogen) atoms. The molecule has 0 aliphatic rings. The van der Waals surface area contributed by atoms with Gasteiger partial charge in [-0.2, -0.15) is 0 Å². The number of para-hydroxylation sites is 1. The molecule has 0 aliphatic heterocycles. The standard InChI is InChI=1S/C38H29N7/c1-4-14-28(15-5-1)30-24-35(41-33-20-10-12-22-39-33)43-37(26-30)45(32-18-8-3-9-19-32)38-27-31(29-16-6-2-7-17-29)25-36(44-38)42-34-21-11-13-23-40-34/h1-27H,(H,39,41,43)(H,40,42,44). The van der Waals surface area contributed by atoms with Crippen molar-refractivity contribution in [1.82, 2.24) is 19.9 Å². The van der Waals surface area contributed by atoms with Gasteiger partial charge in [0.2, 0.25) is 0 Å². The van der Waals surface area contributed by atoms with Crippen molar-refractivity contribution < 1.29 is 0 Å². The molecular formula is C38H29N7. The molecule has 0 saturated heterocycles. The zero-order valence-corrected chi connectivity index (χ0v) is 24.3. The minimum absolute atomic E-state index is 0.664. The number of rotatable bonds is 9. The molecule has 7 nitrogen and oxygen atoms in total. The van der Waals surface area contributed by atoms with Gasteiger partial charge in [0.25, 0.3) is 0 Å². The Morgan fingerprint density at radius 2 is 0.800 bits per heavy atom. The number of hydrogen-bond acceptors (Lipinski definition) is 7. The van der Waals surface area contributed by atoms with Crippen LogP contribution in [0.4, 0.5) is 40.6 Å². The molecule has 7 aromatic rings. The van der Waals surface area contributed by atoms with Gasteiger partial charge < -0.3 is 10.6 Å². The quantitative estimate of drug-likeness (QED) is 0.175. The van der Waals surface area contributed by atoms with Gasteiger partial charge in [-0.25, -0.2) is 19.9 Å². The van der Waals surface area contributed by atoms with Crippen LogP contribution in [0.3, 0.4) is 0 Å². The normalized spacial score (nSPS) is 10.7. The molecule has 0 spiro atoms. The van der Waals surface area contributed by atoms with Crippen molar-refractivity contribution in [2.45, 2.75) is 0 Å². The van der Waals surface area contributed by atoms with Gasteiger partial charge in [0.05, 0.1) is 0 Å². The summed E-state index contributed by atoms with van der Waals surface area (Å²) in [6.45, 7) is 0. The Morgan fingerprint density at radius 1 is 0.378 bits per heavy atom. The molecule has 4 aromatic heterocycles. The molecule has 0 radical (unpaired) electrons. The third kappa shape index (κ3) is 6.53.